The molecule has 3 rings (SSSR count). The van der Waals surface area contributed by atoms with Crippen LogP contribution in [0, 0.1) is 12.7 Å². The third kappa shape index (κ3) is 3.17. The van der Waals surface area contributed by atoms with Gasteiger partial charge in [0, 0.05) is 16.3 Å². The van der Waals surface area contributed by atoms with E-state index in [1.54, 1.807) is 17.4 Å². The van der Waals surface area contributed by atoms with Gasteiger partial charge in [0.25, 0.3) is 5.91 Å². The molecule has 0 atom stereocenters. The summed E-state index contributed by atoms with van der Waals surface area (Å²) in [6.45, 7) is 1.84. The Morgan fingerprint density at radius 1 is 1.38 bits per heavy atom. The highest BCUT2D eigenvalue weighted by Gasteiger charge is 2.18. The molecule has 0 bridgehead atoms. The third-order valence-electron chi connectivity index (χ3n) is 3.37. The Bertz CT molecular complexity index is 690. The van der Waals surface area contributed by atoms with Gasteiger partial charge in [0.05, 0.1) is 9.35 Å². The number of amides is 1. The van der Waals surface area contributed by atoms with Crippen LogP contribution in [0.4, 0.5) is 10.1 Å². The van der Waals surface area contributed by atoms with Crippen LogP contribution in [0.25, 0.3) is 0 Å². The minimum absolute atomic E-state index is 0.163. The molecule has 1 aliphatic rings. The van der Waals surface area contributed by atoms with Gasteiger partial charge in [-0.15, -0.1) is 11.3 Å². The van der Waals surface area contributed by atoms with E-state index in [0.717, 1.165) is 23.5 Å². The summed E-state index contributed by atoms with van der Waals surface area (Å²) in [5.41, 5.74) is 2.61. The van der Waals surface area contributed by atoms with Gasteiger partial charge in [0.1, 0.15) is 5.82 Å². The number of rotatable bonds is 2. The molecule has 1 N–H and O–H groups in total. The number of hydrogen-bond donors (Lipinski definition) is 1. The zero-order chi connectivity index (χ0) is 15.0. The van der Waals surface area contributed by atoms with Crippen molar-refractivity contribution < 1.29 is 9.18 Å². The largest absolute Gasteiger partial charge is 0.321 e. The Labute approximate surface area is 139 Å². The second kappa shape index (κ2) is 6.10. The molecule has 0 radical (unpaired) electrons. The Morgan fingerprint density at radius 2 is 2.19 bits per heavy atom. The molecule has 1 aromatic heterocycles. The zero-order valence-electron chi connectivity index (χ0n) is 11.3. The first-order valence-electron chi connectivity index (χ1n) is 6.51. The van der Waals surface area contributed by atoms with Gasteiger partial charge in [0.2, 0.25) is 0 Å². The van der Waals surface area contributed by atoms with E-state index < -0.39 is 0 Å². The molecule has 1 amide bonds. The Morgan fingerprint density at radius 3 is 2.95 bits per heavy atom. The molecule has 6 heteroatoms. The van der Waals surface area contributed by atoms with Crippen molar-refractivity contribution in [1.29, 1.82) is 0 Å². The standard InChI is InChI=1S/C15H13BrFNOS2/c1-8-4-10(16)11(17)6-12(8)18-15(19)14-5-9-7-20-3-2-13(9)21-14/h4-6H,2-3,7H2,1H3,(H,18,19). The van der Waals surface area contributed by atoms with Gasteiger partial charge in [-0.05, 0) is 64.4 Å². The number of thioether (sulfide) groups is 1. The molecule has 0 saturated heterocycles. The lowest BCUT2D eigenvalue weighted by Crippen LogP contribution is -2.11. The number of benzene rings is 1. The van der Waals surface area contributed by atoms with Crippen LogP contribution in [-0.4, -0.2) is 11.7 Å². The SMILES string of the molecule is Cc1cc(Br)c(F)cc1NC(=O)c1cc2c(s1)CCSC2. The molecule has 1 aliphatic heterocycles. The summed E-state index contributed by atoms with van der Waals surface area (Å²) in [5, 5.41) is 2.81. The van der Waals surface area contributed by atoms with Gasteiger partial charge in [-0.25, -0.2) is 4.39 Å². The molecular weight excluding hydrogens is 373 g/mol. The van der Waals surface area contributed by atoms with Crippen molar-refractivity contribution in [2.75, 3.05) is 11.1 Å². The van der Waals surface area contributed by atoms with Crippen LogP contribution >= 0.6 is 39.0 Å². The van der Waals surface area contributed by atoms with Gasteiger partial charge < -0.3 is 5.32 Å². The number of carbonyl (C=O) groups is 1. The molecule has 110 valence electrons. The van der Waals surface area contributed by atoms with E-state index in [2.05, 4.69) is 21.2 Å². The van der Waals surface area contributed by atoms with E-state index in [0.29, 0.717) is 15.0 Å². The van der Waals surface area contributed by atoms with Crippen LogP contribution in [-0.2, 0) is 12.2 Å². The lowest BCUT2D eigenvalue weighted by Gasteiger charge is -2.08. The van der Waals surface area contributed by atoms with Crippen molar-refractivity contribution in [3.63, 3.8) is 0 Å². The highest BCUT2D eigenvalue weighted by atomic mass is 79.9. The van der Waals surface area contributed by atoms with E-state index >= 15 is 0 Å². The Kier molecular flexibility index (Phi) is 4.38. The van der Waals surface area contributed by atoms with E-state index in [1.165, 1.54) is 16.5 Å². The molecule has 0 saturated carbocycles. The number of fused-ring (bicyclic) bond motifs is 1. The lowest BCUT2D eigenvalue weighted by molar-refractivity contribution is 0.103. The van der Waals surface area contributed by atoms with Gasteiger partial charge in [-0.3, -0.25) is 4.79 Å². The number of nitrogens with one attached hydrogen (secondary N) is 1. The third-order valence-corrected chi connectivity index (χ3v) is 6.22. The molecule has 0 unspecified atom stereocenters. The smallest absolute Gasteiger partial charge is 0.265 e. The molecule has 21 heavy (non-hydrogen) atoms. The van der Waals surface area contributed by atoms with Crippen molar-refractivity contribution in [1.82, 2.24) is 0 Å². The molecule has 2 heterocycles. The topological polar surface area (TPSA) is 29.1 Å². The predicted molar refractivity (Wildman–Crippen MR) is 91.0 cm³/mol. The van der Waals surface area contributed by atoms with E-state index in [-0.39, 0.29) is 11.7 Å². The van der Waals surface area contributed by atoms with Gasteiger partial charge >= 0.3 is 0 Å². The Balaban J connectivity index is 1.83. The van der Waals surface area contributed by atoms with Gasteiger partial charge in [-0.2, -0.15) is 11.8 Å². The van der Waals surface area contributed by atoms with E-state index in [1.807, 2.05) is 24.8 Å². The average Bonchev–Trinajstić information content (AvgIpc) is 2.88. The maximum absolute atomic E-state index is 13.6. The lowest BCUT2D eigenvalue weighted by atomic mass is 10.2. The summed E-state index contributed by atoms with van der Waals surface area (Å²) >= 11 is 6.58. The molecule has 2 aromatic rings. The van der Waals surface area contributed by atoms with E-state index in [4.69, 9.17) is 0 Å². The van der Waals surface area contributed by atoms with Crippen LogP contribution in [0.2, 0.25) is 0 Å². The van der Waals surface area contributed by atoms with Gasteiger partial charge in [0.15, 0.2) is 0 Å². The highest BCUT2D eigenvalue weighted by molar-refractivity contribution is 9.10. The van der Waals surface area contributed by atoms with Crippen molar-refractivity contribution in [3.8, 4) is 0 Å². The molecule has 2 nitrogen and oxygen atoms in total. The zero-order valence-corrected chi connectivity index (χ0v) is 14.6. The summed E-state index contributed by atoms with van der Waals surface area (Å²) in [7, 11) is 0. The summed E-state index contributed by atoms with van der Waals surface area (Å²) in [6, 6.07) is 4.98. The molecule has 0 spiro atoms. The fraction of sp³-hybridized carbons (Fsp3) is 0.267. The van der Waals surface area contributed by atoms with Gasteiger partial charge in [-0.1, -0.05) is 0 Å². The maximum atomic E-state index is 13.6. The number of hydrogen-bond acceptors (Lipinski definition) is 3. The minimum Gasteiger partial charge on any atom is -0.321 e. The summed E-state index contributed by atoms with van der Waals surface area (Å²) < 4.78 is 14.0. The summed E-state index contributed by atoms with van der Waals surface area (Å²) in [5.74, 6) is 1.55. The first-order chi connectivity index (χ1) is 10.0. The van der Waals surface area contributed by atoms with Crippen LogP contribution in [0.3, 0.4) is 0 Å². The number of carbonyl (C=O) groups excluding carboxylic acids is 1. The number of aryl methyl sites for hydroxylation is 2. The van der Waals surface area contributed by atoms with Crippen molar-refractivity contribution in [3.05, 3.63) is 49.4 Å². The minimum atomic E-state index is -0.377. The number of anilines is 1. The summed E-state index contributed by atoms with van der Waals surface area (Å²) in [4.78, 5) is 14.3. The molecule has 0 fully saturated rings. The highest BCUT2D eigenvalue weighted by Crippen LogP contribution is 2.32. The summed E-state index contributed by atoms with van der Waals surface area (Å²) in [6.07, 6.45) is 1.03. The fourth-order valence-electron chi connectivity index (χ4n) is 2.22. The van der Waals surface area contributed by atoms with Crippen molar-refractivity contribution >= 4 is 50.6 Å². The maximum Gasteiger partial charge on any atom is 0.265 e. The second-order valence-electron chi connectivity index (χ2n) is 4.90. The quantitative estimate of drug-likeness (QED) is 0.787. The van der Waals surface area contributed by atoms with Crippen molar-refractivity contribution in [2.24, 2.45) is 0 Å². The monoisotopic (exact) mass is 385 g/mol. The Hall–Kier alpha value is -0.850. The fourth-order valence-corrected chi connectivity index (χ4v) is 4.95. The van der Waals surface area contributed by atoms with E-state index in [9.17, 15) is 9.18 Å². The van der Waals surface area contributed by atoms with Crippen molar-refractivity contribution in [2.45, 2.75) is 19.1 Å². The first kappa shape index (κ1) is 15.1. The van der Waals surface area contributed by atoms with Crippen LogP contribution in [0.5, 0.6) is 0 Å². The average molecular weight is 386 g/mol. The number of halogens is 2. The molecule has 1 aromatic carbocycles. The molecule has 0 aliphatic carbocycles. The normalized spacial score (nSPS) is 13.9. The predicted octanol–water partition coefficient (Wildman–Crippen LogP) is 5.00. The van der Waals surface area contributed by atoms with Crippen LogP contribution in [0.15, 0.2) is 22.7 Å². The first-order valence-corrected chi connectivity index (χ1v) is 9.27. The second-order valence-corrected chi connectivity index (χ2v) is 7.99. The molecular formula is C15H13BrFNOS2. The van der Waals surface area contributed by atoms with Crippen LogP contribution in [0.1, 0.15) is 25.7 Å². The van der Waals surface area contributed by atoms with Crippen LogP contribution < -0.4 is 5.32 Å². The number of thiophene rings is 1.